The lowest BCUT2D eigenvalue weighted by atomic mass is 10.2. The molecule has 9 nitrogen and oxygen atoms in total. The third kappa shape index (κ3) is 7.70. The van der Waals surface area contributed by atoms with E-state index in [1.165, 1.54) is 0 Å². The number of carbonyl (C=O) groups is 2. The number of unbranched alkanes of at least 4 members (excludes halogenated alkanes) is 1. The second kappa shape index (κ2) is 11.0. The van der Waals surface area contributed by atoms with Crippen molar-refractivity contribution in [2.45, 2.75) is 32.2 Å². The maximum absolute atomic E-state index is 12.0. The van der Waals surface area contributed by atoms with Crippen molar-refractivity contribution in [3.63, 3.8) is 0 Å². The van der Waals surface area contributed by atoms with Gasteiger partial charge in [-0.3, -0.25) is 19.3 Å². The first kappa shape index (κ1) is 21.3. The number of halogens is 1. The molecule has 2 aromatic rings. The van der Waals surface area contributed by atoms with Crippen LogP contribution in [0, 0.1) is 0 Å². The van der Waals surface area contributed by atoms with Crippen LogP contribution in [-0.2, 0) is 17.8 Å². The second-order valence-corrected chi connectivity index (χ2v) is 6.95. The van der Waals surface area contributed by atoms with Gasteiger partial charge in [0.05, 0.1) is 18.3 Å². The predicted octanol–water partition coefficient (Wildman–Crippen LogP) is 1.42. The number of hydrogen-bond donors (Lipinski definition) is 3. The van der Waals surface area contributed by atoms with Crippen LogP contribution in [-0.4, -0.2) is 32.2 Å². The highest BCUT2D eigenvalue weighted by Gasteiger charge is 2.05. The molecule has 0 unspecified atom stereocenters. The molecule has 0 atom stereocenters. The van der Waals surface area contributed by atoms with Crippen LogP contribution in [0.5, 0.6) is 0 Å². The molecule has 0 radical (unpaired) electrons. The zero-order valence-corrected chi connectivity index (χ0v) is 16.8. The van der Waals surface area contributed by atoms with E-state index in [-0.39, 0.29) is 18.1 Å². The molecular weight excluding hydrogens is 426 g/mol. The minimum atomic E-state index is -0.256. The summed E-state index contributed by atoms with van der Waals surface area (Å²) in [5.74, 6) is -0.0409. The Morgan fingerprint density at radius 3 is 2.82 bits per heavy atom. The molecule has 0 aromatic carbocycles. The van der Waals surface area contributed by atoms with Gasteiger partial charge in [0.15, 0.2) is 6.29 Å². The normalized spacial score (nSPS) is 12.0. The first-order chi connectivity index (χ1) is 13.5. The van der Waals surface area contributed by atoms with E-state index in [9.17, 15) is 9.59 Å². The molecule has 2 heterocycles. The molecule has 0 fully saturated rings. The smallest absolute Gasteiger partial charge is 0.231 e. The first-order valence-electron chi connectivity index (χ1n) is 8.63. The predicted molar refractivity (Wildman–Crippen MR) is 108 cm³/mol. The molecule has 28 heavy (non-hydrogen) atoms. The van der Waals surface area contributed by atoms with Gasteiger partial charge in [0, 0.05) is 22.9 Å². The standard InChI is InChI=1S/C18H22BrN7O2/c19-13-6-7-22-15(9-13)10-18(28)23-17(21)5-4-14(20)3-1-2-8-26-11-16(12-27)24-25-26/h4-7,9,11-12H,1-3,8,10,20-21H2,(H,23,28)/b14-4-,17-5+. The number of hydrogen-bond acceptors (Lipinski definition) is 7. The highest BCUT2D eigenvalue weighted by atomic mass is 79.9. The molecule has 0 saturated carbocycles. The molecule has 0 saturated heterocycles. The highest BCUT2D eigenvalue weighted by molar-refractivity contribution is 9.10. The Kier molecular flexibility index (Phi) is 8.35. The minimum absolute atomic E-state index is 0.126. The van der Waals surface area contributed by atoms with Gasteiger partial charge >= 0.3 is 0 Å². The SMILES string of the molecule is N/C(=C\C=C(/N)NC(=O)Cc1cc(Br)ccn1)CCCCn1cc(C=O)nn1. The summed E-state index contributed by atoms with van der Waals surface area (Å²) in [4.78, 5) is 26.6. The van der Waals surface area contributed by atoms with Gasteiger partial charge in [0.2, 0.25) is 5.91 Å². The topological polar surface area (TPSA) is 142 Å². The Bertz CT molecular complexity index is 876. The molecule has 0 aliphatic rings. The Morgan fingerprint density at radius 2 is 2.11 bits per heavy atom. The van der Waals surface area contributed by atoms with Gasteiger partial charge in [-0.05, 0) is 43.5 Å². The average molecular weight is 448 g/mol. The number of nitrogens with zero attached hydrogens (tertiary/aromatic N) is 4. The third-order valence-electron chi connectivity index (χ3n) is 3.66. The summed E-state index contributed by atoms with van der Waals surface area (Å²) in [7, 11) is 0. The van der Waals surface area contributed by atoms with Gasteiger partial charge < -0.3 is 16.8 Å². The zero-order chi connectivity index (χ0) is 20.4. The zero-order valence-electron chi connectivity index (χ0n) is 15.2. The summed E-state index contributed by atoms with van der Waals surface area (Å²) in [6.07, 6.45) is 9.61. The van der Waals surface area contributed by atoms with Crippen LogP contribution in [0.3, 0.4) is 0 Å². The number of rotatable bonds is 10. The minimum Gasteiger partial charge on any atom is -0.402 e. The van der Waals surface area contributed by atoms with Crippen LogP contribution in [0.4, 0.5) is 0 Å². The van der Waals surface area contributed by atoms with Gasteiger partial charge in [-0.1, -0.05) is 21.1 Å². The molecule has 10 heteroatoms. The number of aryl methyl sites for hydroxylation is 1. The summed E-state index contributed by atoms with van der Waals surface area (Å²) >= 11 is 3.34. The number of amides is 1. The van der Waals surface area contributed by atoms with Crippen molar-refractivity contribution in [1.29, 1.82) is 0 Å². The van der Waals surface area contributed by atoms with E-state index in [4.69, 9.17) is 11.5 Å². The molecular formula is C18H22BrN7O2. The van der Waals surface area contributed by atoms with Crippen molar-refractivity contribution < 1.29 is 9.59 Å². The molecule has 0 spiro atoms. The van der Waals surface area contributed by atoms with Crippen LogP contribution in [0.25, 0.3) is 0 Å². The third-order valence-corrected chi connectivity index (χ3v) is 4.15. The summed E-state index contributed by atoms with van der Waals surface area (Å²) in [5.41, 5.74) is 13.4. The van der Waals surface area contributed by atoms with Crippen LogP contribution >= 0.6 is 15.9 Å². The number of nitrogens with two attached hydrogens (primary N) is 2. The molecule has 1 amide bonds. The number of pyridine rings is 1. The molecule has 148 valence electrons. The molecule has 0 bridgehead atoms. The van der Waals surface area contributed by atoms with Crippen molar-refractivity contribution in [2.75, 3.05) is 0 Å². The van der Waals surface area contributed by atoms with E-state index in [0.29, 0.717) is 36.3 Å². The van der Waals surface area contributed by atoms with Gasteiger partial charge in [0.25, 0.3) is 0 Å². The number of aldehydes is 1. The van der Waals surface area contributed by atoms with Gasteiger partial charge in [0.1, 0.15) is 11.5 Å². The second-order valence-electron chi connectivity index (χ2n) is 6.04. The lowest BCUT2D eigenvalue weighted by Gasteiger charge is -2.05. The van der Waals surface area contributed by atoms with E-state index in [2.05, 4.69) is 36.5 Å². The Morgan fingerprint density at radius 1 is 1.29 bits per heavy atom. The van der Waals surface area contributed by atoms with Crippen LogP contribution < -0.4 is 16.8 Å². The fourth-order valence-corrected chi connectivity index (χ4v) is 2.70. The van der Waals surface area contributed by atoms with Crippen molar-refractivity contribution in [3.05, 3.63) is 64.1 Å². The highest BCUT2D eigenvalue weighted by Crippen LogP contribution is 2.09. The first-order valence-corrected chi connectivity index (χ1v) is 9.43. The molecule has 0 aliphatic heterocycles. The Labute approximate surface area is 171 Å². The monoisotopic (exact) mass is 447 g/mol. The van der Waals surface area contributed by atoms with Gasteiger partial charge in [-0.25, -0.2) is 0 Å². The number of allylic oxidation sites excluding steroid dienone is 3. The Balaban J connectivity index is 1.71. The van der Waals surface area contributed by atoms with E-state index >= 15 is 0 Å². The van der Waals surface area contributed by atoms with Crippen LogP contribution in [0.15, 0.2) is 52.7 Å². The van der Waals surface area contributed by atoms with Crippen LogP contribution in [0.1, 0.15) is 35.4 Å². The van der Waals surface area contributed by atoms with E-state index < -0.39 is 0 Å². The maximum atomic E-state index is 12.0. The van der Waals surface area contributed by atoms with E-state index in [1.807, 2.05) is 0 Å². The van der Waals surface area contributed by atoms with E-state index in [1.54, 1.807) is 41.4 Å². The van der Waals surface area contributed by atoms with Gasteiger partial charge in [-0.2, -0.15) is 0 Å². The fraction of sp³-hybridized carbons (Fsp3) is 0.278. The molecule has 5 N–H and O–H groups in total. The van der Waals surface area contributed by atoms with Crippen molar-refractivity contribution in [1.82, 2.24) is 25.3 Å². The average Bonchev–Trinajstić information content (AvgIpc) is 3.11. The van der Waals surface area contributed by atoms with Crippen molar-refractivity contribution in [3.8, 4) is 0 Å². The summed E-state index contributed by atoms with van der Waals surface area (Å²) in [6, 6.07) is 3.56. The van der Waals surface area contributed by atoms with Crippen molar-refractivity contribution >= 4 is 28.1 Å². The van der Waals surface area contributed by atoms with E-state index in [0.717, 1.165) is 17.3 Å². The number of nitrogens with one attached hydrogen (secondary N) is 1. The number of carbonyl (C=O) groups excluding carboxylic acids is 2. The van der Waals surface area contributed by atoms with Crippen molar-refractivity contribution in [2.24, 2.45) is 11.5 Å². The largest absolute Gasteiger partial charge is 0.402 e. The maximum Gasteiger partial charge on any atom is 0.231 e. The summed E-state index contributed by atoms with van der Waals surface area (Å²) in [6.45, 7) is 0.659. The lowest BCUT2D eigenvalue weighted by Crippen LogP contribution is -2.28. The molecule has 2 rings (SSSR count). The molecule has 2 aromatic heterocycles. The quantitative estimate of drug-likeness (QED) is 0.284. The fourth-order valence-electron chi connectivity index (χ4n) is 2.32. The summed E-state index contributed by atoms with van der Waals surface area (Å²) in [5, 5.41) is 10.1. The summed E-state index contributed by atoms with van der Waals surface area (Å²) < 4.78 is 2.48. The number of aromatic nitrogens is 4. The Hall–Kier alpha value is -3.01. The lowest BCUT2D eigenvalue weighted by molar-refractivity contribution is -0.119. The van der Waals surface area contributed by atoms with Gasteiger partial charge in [-0.15, -0.1) is 5.10 Å². The molecule has 0 aliphatic carbocycles. The van der Waals surface area contributed by atoms with Crippen LogP contribution in [0.2, 0.25) is 0 Å².